The van der Waals surface area contributed by atoms with Gasteiger partial charge in [-0.15, -0.1) is 4.47 Å². The van der Waals surface area contributed by atoms with Gasteiger partial charge in [0.05, 0.1) is 47.9 Å². The van der Waals surface area contributed by atoms with Gasteiger partial charge in [-0.05, 0) is 12.1 Å². The zero-order valence-corrected chi connectivity index (χ0v) is 18.1. The van der Waals surface area contributed by atoms with E-state index in [2.05, 4.69) is 10.1 Å². The average molecular weight is 474 g/mol. The number of imidazole rings is 1. The van der Waals surface area contributed by atoms with Gasteiger partial charge in [-0.2, -0.15) is 0 Å². The molecule has 1 amide bonds. The van der Waals surface area contributed by atoms with Crippen molar-refractivity contribution in [3.63, 3.8) is 0 Å². The Morgan fingerprint density at radius 2 is 1.96 bits per heavy atom. The Balaban J connectivity index is 0.00000392. The van der Waals surface area contributed by atoms with Crippen LogP contribution in [0.5, 0.6) is 0 Å². The second kappa shape index (κ2) is 10.2. The summed E-state index contributed by atoms with van der Waals surface area (Å²) < 4.78 is 32.9. The van der Waals surface area contributed by atoms with E-state index in [0.717, 1.165) is 0 Å². The SMILES string of the molecule is COC(=O)Nc1c(Cl)cc(N(O)S(=O)(=O)CCCn2cc[n+](C)c2)cc1Cl.[Cl-]. The zero-order valence-electron chi connectivity index (χ0n) is 15.0. The maximum Gasteiger partial charge on any atom is 0.411 e. The number of halogens is 3. The Morgan fingerprint density at radius 3 is 2.46 bits per heavy atom. The van der Waals surface area contributed by atoms with E-state index in [1.54, 1.807) is 0 Å². The quantitative estimate of drug-likeness (QED) is 0.413. The molecule has 0 unspecified atom stereocenters. The topological polar surface area (TPSA) is 105 Å². The van der Waals surface area contributed by atoms with Crippen LogP contribution in [0, 0.1) is 0 Å². The van der Waals surface area contributed by atoms with E-state index in [1.165, 1.54) is 19.2 Å². The molecule has 2 aromatic rings. The van der Waals surface area contributed by atoms with Crippen molar-refractivity contribution in [3.8, 4) is 0 Å². The minimum atomic E-state index is -4.01. The van der Waals surface area contributed by atoms with E-state index in [9.17, 15) is 18.4 Å². The number of aromatic nitrogens is 2. The number of amides is 1. The molecule has 0 bridgehead atoms. The molecule has 1 heterocycles. The summed E-state index contributed by atoms with van der Waals surface area (Å²) in [4.78, 5) is 11.3. The fourth-order valence-corrected chi connectivity index (χ4v) is 3.92. The minimum Gasteiger partial charge on any atom is -1.00 e. The third-order valence-electron chi connectivity index (χ3n) is 3.57. The van der Waals surface area contributed by atoms with Crippen LogP contribution in [-0.2, 0) is 28.4 Å². The first-order valence-corrected chi connectivity index (χ1v) is 10.1. The summed E-state index contributed by atoms with van der Waals surface area (Å²) in [5.41, 5.74) is -0.104. The Kier molecular flexibility index (Phi) is 8.83. The van der Waals surface area contributed by atoms with Crippen molar-refractivity contribution in [3.05, 3.63) is 40.9 Å². The zero-order chi connectivity index (χ0) is 20.2. The van der Waals surface area contributed by atoms with Gasteiger partial charge in [-0.3, -0.25) is 10.5 Å². The summed E-state index contributed by atoms with van der Waals surface area (Å²) in [6.07, 6.45) is 4.96. The van der Waals surface area contributed by atoms with Crippen molar-refractivity contribution < 1.29 is 40.1 Å². The maximum absolute atomic E-state index is 12.3. The van der Waals surface area contributed by atoms with Crippen LogP contribution in [-0.4, -0.2) is 37.1 Å². The van der Waals surface area contributed by atoms with Crippen LogP contribution in [0.2, 0.25) is 10.0 Å². The highest BCUT2D eigenvalue weighted by Crippen LogP contribution is 2.35. The lowest BCUT2D eigenvalue weighted by molar-refractivity contribution is -0.671. The van der Waals surface area contributed by atoms with Gasteiger partial charge in [-0.1, -0.05) is 23.2 Å². The normalized spacial score (nSPS) is 10.9. The molecule has 2 rings (SSSR count). The number of nitrogens with one attached hydrogen (secondary N) is 1. The van der Waals surface area contributed by atoms with E-state index in [4.69, 9.17) is 23.2 Å². The Hall–Kier alpha value is -1.72. The number of ether oxygens (including phenoxy) is 1. The Morgan fingerprint density at radius 1 is 1.36 bits per heavy atom. The number of hydrogen-bond donors (Lipinski definition) is 2. The predicted octanol–water partition coefficient (Wildman–Crippen LogP) is -0.583. The van der Waals surface area contributed by atoms with Crippen LogP contribution >= 0.6 is 23.2 Å². The molecule has 1 aromatic heterocycles. The smallest absolute Gasteiger partial charge is 0.411 e. The summed E-state index contributed by atoms with van der Waals surface area (Å²) in [5.74, 6) is -0.289. The van der Waals surface area contributed by atoms with Gasteiger partial charge in [0.25, 0.3) is 10.0 Å². The van der Waals surface area contributed by atoms with Gasteiger partial charge in [0.15, 0.2) is 0 Å². The molecule has 0 aliphatic carbocycles. The molecule has 0 saturated heterocycles. The second-order valence-corrected chi connectivity index (χ2v) is 8.36. The molecular formula is C15H19Cl3N4O5S. The highest BCUT2D eigenvalue weighted by atomic mass is 35.5. The van der Waals surface area contributed by atoms with E-state index in [-0.39, 0.29) is 50.5 Å². The lowest BCUT2D eigenvalue weighted by atomic mass is 10.3. The van der Waals surface area contributed by atoms with Crippen molar-refractivity contribution in [2.24, 2.45) is 7.05 Å². The standard InChI is InChI=1S/C15H18Cl2N4O5S.ClH/c1-19-5-6-20(10-19)4-3-7-27(24,25)21(23)11-8-12(16)14(13(17)9-11)18-15(22)26-2;/h5-6,8-10,23H,3-4,7H2,1-2H3;1H. The van der Waals surface area contributed by atoms with Crippen molar-refractivity contribution in [2.45, 2.75) is 13.0 Å². The van der Waals surface area contributed by atoms with Crippen LogP contribution in [0.15, 0.2) is 30.9 Å². The van der Waals surface area contributed by atoms with Gasteiger partial charge in [0, 0.05) is 6.42 Å². The van der Waals surface area contributed by atoms with Crippen LogP contribution in [0.1, 0.15) is 6.42 Å². The molecule has 0 aliphatic heterocycles. The highest BCUT2D eigenvalue weighted by Gasteiger charge is 2.23. The first kappa shape index (κ1) is 24.3. The fraction of sp³-hybridized carbons (Fsp3) is 0.333. The number of rotatable bonds is 7. The van der Waals surface area contributed by atoms with Gasteiger partial charge in [0.2, 0.25) is 6.33 Å². The van der Waals surface area contributed by atoms with E-state index < -0.39 is 16.1 Å². The highest BCUT2D eigenvalue weighted by molar-refractivity contribution is 7.92. The summed E-state index contributed by atoms with van der Waals surface area (Å²) in [7, 11) is -0.987. The minimum absolute atomic E-state index is 0. The Bertz CT molecular complexity index is 913. The molecule has 0 saturated carbocycles. The van der Waals surface area contributed by atoms with Crippen molar-refractivity contribution in [2.75, 3.05) is 22.6 Å². The largest absolute Gasteiger partial charge is 1.00 e. The summed E-state index contributed by atoms with van der Waals surface area (Å²) >= 11 is 12.0. The van der Waals surface area contributed by atoms with Gasteiger partial charge >= 0.3 is 6.09 Å². The predicted molar refractivity (Wildman–Crippen MR) is 101 cm³/mol. The summed E-state index contributed by atoms with van der Waals surface area (Å²) in [6.45, 7) is 0.470. The van der Waals surface area contributed by atoms with Crippen LogP contribution in [0.3, 0.4) is 0 Å². The van der Waals surface area contributed by atoms with E-state index in [1.807, 2.05) is 34.9 Å². The van der Waals surface area contributed by atoms with Crippen LogP contribution in [0.4, 0.5) is 16.2 Å². The van der Waals surface area contributed by atoms with Crippen molar-refractivity contribution >= 4 is 50.7 Å². The second-order valence-electron chi connectivity index (χ2n) is 5.63. The lowest BCUT2D eigenvalue weighted by Crippen LogP contribution is -3.00. The lowest BCUT2D eigenvalue weighted by Gasteiger charge is -2.18. The molecule has 0 spiro atoms. The molecule has 0 radical (unpaired) electrons. The number of sulfonamides is 1. The molecule has 28 heavy (non-hydrogen) atoms. The number of aryl methyl sites for hydroxylation is 2. The molecule has 13 heteroatoms. The van der Waals surface area contributed by atoms with Gasteiger partial charge in [0.1, 0.15) is 12.4 Å². The molecule has 156 valence electrons. The third kappa shape index (κ3) is 6.14. The number of carbonyl (C=O) groups is 1. The first-order valence-electron chi connectivity index (χ1n) is 7.71. The summed E-state index contributed by atoms with van der Waals surface area (Å²) in [5, 5.41) is 12.3. The number of carbonyl (C=O) groups excluding carboxylic acids is 1. The number of methoxy groups -OCH3 is 1. The molecule has 1 aromatic carbocycles. The van der Waals surface area contributed by atoms with Crippen LogP contribution in [0.25, 0.3) is 0 Å². The van der Waals surface area contributed by atoms with Gasteiger partial charge < -0.3 is 17.1 Å². The Labute approximate surface area is 178 Å². The number of hydrogen-bond acceptors (Lipinski definition) is 5. The van der Waals surface area contributed by atoms with Crippen LogP contribution < -0.4 is 26.8 Å². The number of benzene rings is 1. The van der Waals surface area contributed by atoms with Crippen molar-refractivity contribution in [1.29, 1.82) is 0 Å². The molecule has 9 nitrogen and oxygen atoms in total. The number of anilines is 2. The average Bonchev–Trinajstić information content (AvgIpc) is 3.02. The molecule has 0 fully saturated rings. The van der Waals surface area contributed by atoms with E-state index in [0.29, 0.717) is 6.54 Å². The van der Waals surface area contributed by atoms with Crippen molar-refractivity contribution in [1.82, 2.24) is 4.57 Å². The molecule has 0 atom stereocenters. The fourth-order valence-electron chi connectivity index (χ4n) is 2.25. The molecule has 2 N–H and O–H groups in total. The van der Waals surface area contributed by atoms with E-state index >= 15 is 0 Å². The molecular weight excluding hydrogens is 455 g/mol. The van der Waals surface area contributed by atoms with Gasteiger partial charge in [-0.25, -0.2) is 22.3 Å². The monoisotopic (exact) mass is 472 g/mol. The summed E-state index contributed by atoms with van der Waals surface area (Å²) in [6, 6.07) is 2.34. The number of nitrogens with zero attached hydrogens (tertiary/aromatic N) is 3. The molecule has 0 aliphatic rings. The first-order chi connectivity index (χ1) is 12.6. The third-order valence-corrected chi connectivity index (χ3v) is 5.70. The maximum atomic E-state index is 12.3.